The van der Waals surface area contributed by atoms with E-state index < -0.39 is 10.0 Å². The van der Waals surface area contributed by atoms with Gasteiger partial charge in [0.15, 0.2) is 0 Å². The quantitative estimate of drug-likeness (QED) is 0.887. The summed E-state index contributed by atoms with van der Waals surface area (Å²) in [5, 5.41) is 3.08. The molecule has 3 rings (SSSR count). The Balaban J connectivity index is 1.71. The fourth-order valence-electron chi connectivity index (χ4n) is 4.31. The number of hydrogen-bond donors (Lipinski definition) is 1. The van der Waals surface area contributed by atoms with E-state index in [-0.39, 0.29) is 16.8 Å². The van der Waals surface area contributed by atoms with Gasteiger partial charge in [0.05, 0.1) is 4.90 Å². The number of nitrogens with one attached hydrogen (secondary N) is 1. The van der Waals surface area contributed by atoms with Crippen LogP contribution in [0.2, 0.25) is 0 Å². The smallest absolute Gasteiger partial charge is 0.251 e. The van der Waals surface area contributed by atoms with Gasteiger partial charge < -0.3 is 5.32 Å². The molecule has 2 aliphatic rings. The Hall–Kier alpha value is -1.40. The van der Waals surface area contributed by atoms with Gasteiger partial charge in [0.2, 0.25) is 10.0 Å². The standard InChI is InChI=1S/C18H26N2O3S/c1-12(17-10-13-7-8-14(17)9-13)19-18(21)15-5-4-6-16(11-15)24(22,23)20(2)3/h4-6,11-14,17H,7-10H2,1-3H3,(H,19,21)/t12-,13+,14+,17+/m1/s1. The summed E-state index contributed by atoms with van der Waals surface area (Å²) >= 11 is 0. The summed E-state index contributed by atoms with van der Waals surface area (Å²) in [6.07, 6.45) is 5.14. The van der Waals surface area contributed by atoms with Crippen molar-refractivity contribution in [1.82, 2.24) is 9.62 Å². The van der Waals surface area contributed by atoms with Crippen LogP contribution in [-0.2, 0) is 10.0 Å². The van der Waals surface area contributed by atoms with Crippen LogP contribution < -0.4 is 5.32 Å². The highest BCUT2D eigenvalue weighted by Crippen LogP contribution is 2.49. The second-order valence-corrected chi connectivity index (χ2v) is 9.57. The van der Waals surface area contributed by atoms with Crippen molar-refractivity contribution in [2.75, 3.05) is 14.1 Å². The molecule has 0 unspecified atom stereocenters. The molecule has 0 radical (unpaired) electrons. The van der Waals surface area contributed by atoms with Gasteiger partial charge in [-0.25, -0.2) is 12.7 Å². The Morgan fingerprint density at radius 1 is 1.25 bits per heavy atom. The third-order valence-electron chi connectivity index (χ3n) is 5.67. The van der Waals surface area contributed by atoms with E-state index in [1.165, 1.54) is 51.9 Å². The predicted octanol–water partition coefficient (Wildman–Crippen LogP) is 2.49. The summed E-state index contributed by atoms with van der Waals surface area (Å²) in [6, 6.07) is 6.39. The van der Waals surface area contributed by atoms with Gasteiger partial charge in [-0.3, -0.25) is 4.79 Å². The van der Waals surface area contributed by atoms with Crippen molar-refractivity contribution in [2.45, 2.75) is 43.5 Å². The fraction of sp³-hybridized carbons (Fsp3) is 0.611. The molecule has 2 aliphatic carbocycles. The summed E-state index contributed by atoms with van der Waals surface area (Å²) in [4.78, 5) is 12.7. The average molecular weight is 350 g/mol. The maximum Gasteiger partial charge on any atom is 0.251 e. The van der Waals surface area contributed by atoms with E-state index in [1.54, 1.807) is 12.1 Å². The summed E-state index contributed by atoms with van der Waals surface area (Å²) in [6.45, 7) is 2.07. The van der Waals surface area contributed by atoms with Gasteiger partial charge in [-0.05, 0) is 62.1 Å². The summed E-state index contributed by atoms with van der Waals surface area (Å²) in [7, 11) is -0.560. The van der Waals surface area contributed by atoms with Gasteiger partial charge in [0.1, 0.15) is 0 Å². The maximum atomic E-state index is 12.5. The lowest BCUT2D eigenvalue weighted by molar-refractivity contribution is 0.0915. The van der Waals surface area contributed by atoms with Gasteiger partial charge in [0, 0.05) is 25.7 Å². The first-order chi connectivity index (χ1) is 11.3. The largest absolute Gasteiger partial charge is 0.349 e. The first-order valence-electron chi connectivity index (χ1n) is 8.62. The van der Waals surface area contributed by atoms with Crippen LogP contribution >= 0.6 is 0 Å². The molecule has 2 saturated carbocycles. The monoisotopic (exact) mass is 350 g/mol. The van der Waals surface area contributed by atoms with Gasteiger partial charge >= 0.3 is 0 Å². The highest BCUT2D eigenvalue weighted by molar-refractivity contribution is 7.89. The van der Waals surface area contributed by atoms with E-state index in [1.807, 2.05) is 0 Å². The molecule has 1 aromatic carbocycles. The first kappa shape index (κ1) is 17.4. The zero-order chi connectivity index (χ0) is 17.5. The van der Waals surface area contributed by atoms with Crippen LogP contribution in [0.15, 0.2) is 29.2 Å². The summed E-state index contributed by atoms with van der Waals surface area (Å²) in [5.41, 5.74) is 0.396. The molecule has 132 valence electrons. The SMILES string of the molecule is C[C@@H](NC(=O)c1cccc(S(=O)(=O)N(C)C)c1)[C@@H]1C[C@H]2CC[C@H]1C2. The summed E-state index contributed by atoms with van der Waals surface area (Å²) < 4.78 is 25.6. The molecule has 0 spiro atoms. The molecule has 4 atom stereocenters. The molecular weight excluding hydrogens is 324 g/mol. The minimum Gasteiger partial charge on any atom is -0.349 e. The Morgan fingerprint density at radius 3 is 2.58 bits per heavy atom. The number of benzene rings is 1. The molecule has 0 heterocycles. The first-order valence-corrected chi connectivity index (χ1v) is 10.1. The number of amides is 1. The number of sulfonamides is 1. The Labute approximate surface area is 144 Å². The molecule has 0 aliphatic heterocycles. The van der Waals surface area contributed by atoms with Crippen molar-refractivity contribution in [1.29, 1.82) is 0 Å². The van der Waals surface area contributed by atoms with Crippen LogP contribution in [0.4, 0.5) is 0 Å². The van der Waals surface area contributed by atoms with Crippen molar-refractivity contribution in [3.05, 3.63) is 29.8 Å². The van der Waals surface area contributed by atoms with Crippen LogP contribution in [0.1, 0.15) is 43.0 Å². The number of nitrogens with zero attached hydrogens (tertiary/aromatic N) is 1. The molecule has 0 saturated heterocycles. The fourth-order valence-corrected chi connectivity index (χ4v) is 5.26. The highest BCUT2D eigenvalue weighted by atomic mass is 32.2. The zero-order valence-electron chi connectivity index (χ0n) is 14.5. The van der Waals surface area contributed by atoms with Crippen LogP contribution in [0.5, 0.6) is 0 Å². The van der Waals surface area contributed by atoms with E-state index >= 15 is 0 Å². The van der Waals surface area contributed by atoms with Gasteiger partial charge in [0.25, 0.3) is 5.91 Å². The van der Waals surface area contributed by atoms with E-state index in [0.29, 0.717) is 11.5 Å². The molecule has 1 amide bonds. The Morgan fingerprint density at radius 2 is 2.00 bits per heavy atom. The Kier molecular flexibility index (Phi) is 4.71. The molecule has 5 nitrogen and oxygen atoms in total. The number of hydrogen-bond acceptors (Lipinski definition) is 3. The number of carbonyl (C=O) groups is 1. The van der Waals surface area contributed by atoms with Crippen molar-refractivity contribution in [2.24, 2.45) is 17.8 Å². The lowest BCUT2D eigenvalue weighted by Crippen LogP contribution is -2.40. The van der Waals surface area contributed by atoms with E-state index in [2.05, 4.69) is 12.2 Å². The minimum atomic E-state index is -3.53. The van der Waals surface area contributed by atoms with E-state index in [4.69, 9.17) is 0 Å². The second kappa shape index (κ2) is 6.48. The van der Waals surface area contributed by atoms with Crippen LogP contribution in [-0.4, -0.2) is 38.8 Å². The molecular formula is C18H26N2O3S. The second-order valence-electron chi connectivity index (χ2n) is 7.42. The van der Waals surface area contributed by atoms with Gasteiger partial charge in [-0.2, -0.15) is 0 Å². The molecule has 24 heavy (non-hydrogen) atoms. The normalized spacial score (nSPS) is 27.4. The third kappa shape index (κ3) is 3.22. The molecule has 2 bridgehead atoms. The lowest BCUT2D eigenvalue weighted by atomic mass is 9.84. The maximum absolute atomic E-state index is 12.5. The van der Waals surface area contributed by atoms with Crippen molar-refractivity contribution in [3.63, 3.8) is 0 Å². The Bertz CT molecular complexity index is 730. The number of fused-ring (bicyclic) bond motifs is 2. The minimum absolute atomic E-state index is 0.127. The van der Waals surface area contributed by atoms with Crippen molar-refractivity contribution >= 4 is 15.9 Å². The number of carbonyl (C=O) groups excluding carboxylic acids is 1. The summed E-state index contributed by atoms with van der Waals surface area (Å²) in [5.74, 6) is 1.95. The molecule has 1 N–H and O–H groups in total. The van der Waals surface area contributed by atoms with Crippen LogP contribution in [0.3, 0.4) is 0 Å². The van der Waals surface area contributed by atoms with Gasteiger partial charge in [-0.15, -0.1) is 0 Å². The van der Waals surface area contributed by atoms with Crippen LogP contribution in [0, 0.1) is 17.8 Å². The zero-order valence-corrected chi connectivity index (χ0v) is 15.3. The molecule has 6 heteroatoms. The molecule has 2 fully saturated rings. The van der Waals surface area contributed by atoms with E-state index in [9.17, 15) is 13.2 Å². The van der Waals surface area contributed by atoms with Crippen molar-refractivity contribution < 1.29 is 13.2 Å². The molecule has 0 aromatic heterocycles. The highest BCUT2D eigenvalue weighted by Gasteiger charge is 2.42. The average Bonchev–Trinajstić information content (AvgIpc) is 3.17. The number of rotatable bonds is 5. The van der Waals surface area contributed by atoms with Crippen LogP contribution in [0.25, 0.3) is 0 Å². The van der Waals surface area contributed by atoms with Gasteiger partial charge in [-0.1, -0.05) is 12.5 Å². The lowest BCUT2D eigenvalue weighted by Gasteiger charge is -2.28. The third-order valence-corrected chi connectivity index (χ3v) is 7.48. The topological polar surface area (TPSA) is 66.5 Å². The molecule has 1 aromatic rings. The van der Waals surface area contributed by atoms with E-state index in [0.717, 1.165) is 16.1 Å². The predicted molar refractivity (Wildman–Crippen MR) is 93.2 cm³/mol. The van der Waals surface area contributed by atoms with Crippen molar-refractivity contribution in [3.8, 4) is 0 Å².